The Morgan fingerprint density at radius 1 is 1.06 bits per heavy atom. The Hall–Kier alpha value is -4.58. The van der Waals surface area contributed by atoms with E-state index in [0.717, 1.165) is 42.4 Å². The van der Waals surface area contributed by atoms with Crippen molar-refractivity contribution in [2.45, 2.75) is 76.3 Å². The summed E-state index contributed by atoms with van der Waals surface area (Å²) in [5.74, 6) is -0.704. The number of nitrogens with one attached hydrogen (secondary N) is 1. The van der Waals surface area contributed by atoms with E-state index < -0.39 is 11.6 Å². The molecule has 5 fully saturated rings. The number of benzene rings is 3. The molecule has 5 aliphatic rings. The van der Waals surface area contributed by atoms with Gasteiger partial charge < -0.3 is 19.5 Å². The molecule has 274 valence electrons. The Kier molecular flexibility index (Phi) is 8.86. The van der Waals surface area contributed by atoms with Gasteiger partial charge in [0.05, 0.1) is 52.0 Å². The quantitative estimate of drug-likeness (QED) is 0.161. The van der Waals surface area contributed by atoms with E-state index in [2.05, 4.69) is 22.0 Å². The molecule has 2 aromatic heterocycles. The lowest BCUT2D eigenvalue weighted by Crippen LogP contribution is -2.41. The third-order valence-corrected chi connectivity index (χ3v) is 12.7. The first-order chi connectivity index (χ1) is 26.2. The third-order valence-electron chi connectivity index (χ3n) is 11.9. The van der Waals surface area contributed by atoms with E-state index >= 15 is 8.78 Å². The van der Waals surface area contributed by atoms with Crippen LogP contribution in [0.3, 0.4) is 0 Å². The number of halogens is 4. The number of hydrogen-bond donors (Lipinski definition) is 1. The van der Waals surface area contributed by atoms with Gasteiger partial charge in [-0.25, -0.2) is 13.8 Å². The number of hydrogen-bond acceptors (Lipinski definition) is 6. The van der Waals surface area contributed by atoms with Gasteiger partial charge in [-0.3, -0.25) is 4.79 Å². The van der Waals surface area contributed by atoms with Crippen molar-refractivity contribution in [2.24, 2.45) is 11.8 Å². The molecule has 1 amide bonds. The van der Waals surface area contributed by atoms with Crippen LogP contribution in [0, 0.1) is 53.1 Å². The lowest BCUT2D eigenvalue weighted by molar-refractivity contribution is -0.134. The second-order valence-corrected chi connectivity index (χ2v) is 15.9. The second-order valence-electron chi connectivity index (χ2n) is 15.1. The van der Waals surface area contributed by atoms with Crippen LogP contribution in [0.1, 0.15) is 72.3 Å². The molecule has 54 heavy (non-hydrogen) atoms. The monoisotopic (exact) mass is 764 g/mol. The fourth-order valence-corrected chi connectivity index (χ4v) is 9.49. The average Bonchev–Trinajstić information content (AvgIpc) is 3.45. The van der Waals surface area contributed by atoms with E-state index in [-0.39, 0.29) is 70.7 Å². The van der Waals surface area contributed by atoms with E-state index in [1.807, 2.05) is 24.0 Å². The summed E-state index contributed by atoms with van der Waals surface area (Å²) in [4.78, 5) is 20.8. The Balaban J connectivity index is 1.21. The SMILES string of the molecule is Cc1nc2c(F)c(-c3cccc(Cl)c3Cl)c(CCC#N)cc2c2c1cc(C1CC(OCc3cccc(C#N)c3F)CN1C(=O)C1CC1)n2C1C2CNC1C2. The van der Waals surface area contributed by atoms with Crippen molar-refractivity contribution in [3.05, 3.63) is 98.3 Å². The fourth-order valence-electron chi connectivity index (χ4n) is 9.09. The summed E-state index contributed by atoms with van der Waals surface area (Å²) < 4.78 is 40.9. The van der Waals surface area contributed by atoms with Gasteiger partial charge >= 0.3 is 0 Å². The number of aryl methyl sites for hydroxylation is 2. The summed E-state index contributed by atoms with van der Waals surface area (Å²) in [6, 6.07) is 18.0. The minimum atomic E-state index is -0.592. The molecule has 3 aromatic carbocycles. The highest BCUT2D eigenvalue weighted by Crippen LogP contribution is 2.51. The first kappa shape index (κ1) is 35.1. The van der Waals surface area contributed by atoms with Gasteiger partial charge in [-0.15, -0.1) is 0 Å². The van der Waals surface area contributed by atoms with Crippen LogP contribution in [-0.4, -0.2) is 45.6 Å². The molecule has 5 atom stereocenters. The van der Waals surface area contributed by atoms with Gasteiger partial charge in [0.15, 0.2) is 5.82 Å². The van der Waals surface area contributed by atoms with Crippen LogP contribution < -0.4 is 5.32 Å². The van der Waals surface area contributed by atoms with Crippen LogP contribution in [0.25, 0.3) is 32.9 Å². The second kappa shape index (κ2) is 13.6. The molecule has 3 saturated heterocycles. The first-order valence-corrected chi connectivity index (χ1v) is 19.2. The lowest BCUT2D eigenvalue weighted by atomic mass is 9.79. The van der Waals surface area contributed by atoms with Crippen molar-refractivity contribution in [3.8, 4) is 23.3 Å². The predicted octanol–water partition coefficient (Wildman–Crippen LogP) is 8.88. The molecule has 8 nitrogen and oxygen atoms in total. The summed E-state index contributed by atoms with van der Waals surface area (Å²) >= 11 is 13.1. The highest BCUT2D eigenvalue weighted by atomic mass is 35.5. The van der Waals surface area contributed by atoms with Crippen molar-refractivity contribution in [3.63, 3.8) is 0 Å². The van der Waals surface area contributed by atoms with Gasteiger partial charge in [0.1, 0.15) is 17.4 Å². The van der Waals surface area contributed by atoms with E-state index in [1.54, 1.807) is 30.3 Å². The average molecular weight is 766 g/mol. The number of carbonyl (C=O) groups is 1. The lowest BCUT2D eigenvalue weighted by Gasteiger charge is -2.39. The van der Waals surface area contributed by atoms with Gasteiger partial charge in [-0.05, 0) is 68.4 Å². The number of fused-ring (bicyclic) bond motifs is 4. The maximum absolute atomic E-state index is 17.2. The molecular formula is C42H36Cl2F2N6O2. The van der Waals surface area contributed by atoms with Crippen molar-refractivity contribution in [1.29, 1.82) is 10.5 Å². The summed E-state index contributed by atoms with van der Waals surface area (Å²) in [5.41, 5.74) is 4.29. The Morgan fingerprint density at radius 2 is 1.87 bits per heavy atom. The predicted molar refractivity (Wildman–Crippen MR) is 202 cm³/mol. The van der Waals surface area contributed by atoms with Gasteiger partial charge in [-0.1, -0.05) is 47.5 Å². The smallest absolute Gasteiger partial charge is 0.226 e. The van der Waals surface area contributed by atoms with Crippen LogP contribution in [0.4, 0.5) is 8.78 Å². The molecule has 2 bridgehead atoms. The molecule has 5 aromatic rings. The van der Waals surface area contributed by atoms with Gasteiger partial charge in [0.25, 0.3) is 0 Å². The summed E-state index contributed by atoms with van der Waals surface area (Å²) in [5, 5.41) is 24.7. The first-order valence-electron chi connectivity index (χ1n) is 18.5. The van der Waals surface area contributed by atoms with Crippen molar-refractivity contribution in [1.82, 2.24) is 19.8 Å². The van der Waals surface area contributed by atoms with E-state index in [0.29, 0.717) is 58.1 Å². The zero-order chi connectivity index (χ0) is 37.4. The maximum Gasteiger partial charge on any atom is 0.226 e. The normalized spacial score (nSPS) is 23.2. The molecule has 10 rings (SSSR count). The number of likely N-dealkylation sites (tertiary alicyclic amines) is 1. The number of amides is 1. The Morgan fingerprint density at radius 3 is 2.59 bits per heavy atom. The molecule has 3 aliphatic heterocycles. The molecule has 2 aliphatic carbocycles. The maximum atomic E-state index is 17.2. The fraction of sp³-hybridized carbons (Fsp3) is 0.381. The minimum Gasteiger partial charge on any atom is -0.371 e. The topological polar surface area (TPSA) is 107 Å². The van der Waals surface area contributed by atoms with Gasteiger partial charge in [0, 0.05) is 76.7 Å². The number of aromatic nitrogens is 2. The third kappa shape index (κ3) is 5.66. The highest BCUT2D eigenvalue weighted by molar-refractivity contribution is 6.43. The number of nitriles is 2. The molecule has 0 spiro atoms. The molecule has 1 N–H and O–H groups in total. The molecule has 0 radical (unpaired) electrons. The molecular weight excluding hydrogens is 729 g/mol. The largest absolute Gasteiger partial charge is 0.371 e. The molecule has 5 heterocycles. The van der Waals surface area contributed by atoms with Crippen molar-refractivity contribution < 1.29 is 18.3 Å². The number of ether oxygens (including phenoxy) is 1. The zero-order valence-corrected chi connectivity index (χ0v) is 31.0. The van der Waals surface area contributed by atoms with E-state index in [4.69, 9.17) is 32.9 Å². The number of carbonyl (C=O) groups excluding carboxylic acids is 1. The Bertz CT molecular complexity index is 2450. The highest BCUT2D eigenvalue weighted by Gasteiger charge is 2.51. The zero-order valence-electron chi connectivity index (χ0n) is 29.5. The number of rotatable bonds is 9. The molecule has 12 heteroatoms. The summed E-state index contributed by atoms with van der Waals surface area (Å²) in [6.07, 6.45) is 3.31. The van der Waals surface area contributed by atoms with Crippen LogP contribution in [0.2, 0.25) is 10.0 Å². The standard InChI is InChI=1S/C42H36Cl2F2N6O2/c1-21-29-16-34(33-15-27(19-51(33)42(53)22-10-11-22)54-20-25-6-2-5-24(17-48)37(25)45)52(40-26-14-32(40)49-18-26)41(29)30-13-23(7-4-12-47)35(38(46)39(30)50-21)28-8-3-9-31(43)36(28)44/h2-3,5-6,8-9,13,16,22,26-27,32-33,40,49H,4,7,10-11,14-15,18-20H2,1H3. The van der Waals surface area contributed by atoms with E-state index in [1.165, 1.54) is 6.07 Å². The van der Waals surface area contributed by atoms with Gasteiger partial charge in [0.2, 0.25) is 5.91 Å². The van der Waals surface area contributed by atoms with Crippen LogP contribution in [0.15, 0.2) is 48.5 Å². The minimum absolute atomic E-state index is 0.0265. The summed E-state index contributed by atoms with van der Waals surface area (Å²) in [7, 11) is 0. The number of pyridine rings is 1. The molecule has 2 saturated carbocycles. The van der Waals surface area contributed by atoms with Crippen molar-refractivity contribution >= 4 is 50.9 Å². The van der Waals surface area contributed by atoms with Crippen LogP contribution in [0.5, 0.6) is 0 Å². The van der Waals surface area contributed by atoms with Crippen LogP contribution in [-0.2, 0) is 22.6 Å². The van der Waals surface area contributed by atoms with Crippen LogP contribution >= 0.6 is 23.2 Å². The Labute approximate surface area is 321 Å². The summed E-state index contributed by atoms with van der Waals surface area (Å²) in [6.45, 7) is 3.08. The van der Waals surface area contributed by atoms with Gasteiger partial charge in [-0.2, -0.15) is 10.5 Å². The van der Waals surface area contributed by atoms with E-state index in [9.17, 15) is 15.3 Å². The number of nitrogens with zero attached hydrogens (tertiary/aromatic N) is 5. The molecule has 5 unspecified atom stereocenters. The van der Waals surface area contributed by atoms with Crippen molar-refractivity contribution in [2.75, 3.05) is 13.1 Å².